The van der Waals surface area contributed by atoms with E-state index in [4.69, 9.17) is 0 Å². The number of amides is 1. The molecule has 0 atom stereocenters. The van der Waals surface area contributed by atoms with E-state index in [-0.39, 0.29) is 11.7 Å². The topological polar surface area (TPSA) is 52.9 Å². The predicted octanol–water partition coefficient (Wildman–Crippen LogP) is 3.82. The Labute approximate surface area is 132 Å². The van der Waals surface area contributed by atoms with Gasteiger partial charge < -0.3 is 5.32 Å². The van der Waals surface area contributed by atoms with Crippen LogP contribution in [0.4, 0.5) is 9.39 Å². The number of hydrogen-bond donors (Lipinski definition) is 1. The number of nitrogens with zero attached hydrogens (tertiary/aromatic N) is 1. The number of carbonyl (C=O) groups excluding carboxylic acids is 1. The Morgan fingerprint density at radius 1 is 1.32 bits per heavy atom. The molecule has 0 unspecified atom stereocenters. The third-order valence-corrected chi connectivity index (χ3v) is 5.05. The maximum absolute atomic E-state index is 12.8. The molecule has 0 spiro atoms. The minimum Gasteiger partial charge on any atom is -0.317 e. The molecular weight excluding hydrogens is 299 g/mol. The zero-order chi connectivity index (χ0) is 15.5. The Morgan fingerprint density at radius 3 is 2.82 bits per heavy atom. The number of rotatable bonds is 4. The second kappa shape index (κ2) is 6.29. The van der Waals surface area contributed by atoms with Crippen LogP contribution in [0.25, 0.3) is 0 Å². The molecule has 1 aliphatic rings. The Kier molecular flexibility index (Phi) is 4.21. The molecule has 0 radical (unpaired) electrons. The number of anilines is 1. The molecule has 5 heteroatoms. The SMILES string of the molecule is N#Cc1c(NC(=O)CCc2ccc(F)cc2)sc2c1CCC2. The number of nitriles is 1. The van der Waals surface area contributed by atoms with Crippen LogP contribution in [0, 0.1) is 17.1 Å². The number of thiophene rings is 1. The van der Waals surface area contributed by atoms with E-state index >= 15 is 0 Å². The maximum atomic E-state index is 12.8. The van der Waals surface area contributed by atoms with E-state index in [1.54, 1.807) is 12.1 Å². The number of nitrogens with one attached hydrogen (secondary N) is 1. The lowest BCUT2D eigenvalue weighted by Crippen LogP contribution is -2.12. The van der Waals surface area contributed by atoms with Gasteiger partial charge in [-0.05, 0) is 48.9 Å². The van der Waals surface area contributed by atoms with Gasteiger partial charge in [-0.3, -0.25) is 4.79 Å². The van der Waals surface area contributed by atoms with Gasteiger partial charge in [0, 0.05) is 11.3 Å². The van der Waals surface area contributed by atoms with Crippen molar-refractivity contribution in [3.8, 4) is 6.07 Å². The van der Waals surface area contributed by atoms with Crippen molar-refractivity contribution in [1.82, 2.24) is 0 Å². The summed E-state index contributed by atoms with van der Waals surface area (Å²) in [6.45, 7) is 0. The first-order chi connectivity index (χ1) is 10.7. The first-order valence-electron chi connectivity index (χ1n) is 7.26. The second-order valence-corrected chi connectivity index (χ2v) is 6.45. The quantitative estimate of drug-likeness (QED) is 0.932. The van der Waals surface area contributed by atoms with Crippen molar-refractivity contribution in [2.24, 2.45) is 0 Å². The minimum atomic E-state index is -0.278. The molecule has 112 valence electrons. The number of fused-ring (bicyclic) bond motifs is 1. The highest BCUT2D eigenvalue weighted by atomic mass is 32.1. The lowest BCUT2D eigenvalue weighted by Gasteiger charge is -2.04. The molecule has 0 saturated carbocycles. The lowest BCUT2D eigenvalue weighted by atomic mass is 10.1. The van der Waals surface area contributed by atoms with E-state index in [0.717, 1.165) is 30.4 Å². The van der Waals surface area contributed by atoms with Gasteiger partial charge in [-0.15, -0.1) is 11.3 Å². The van der Waals surface area contributed by atoms with Crippen LogP contribution in [0.1, 0.15) is 34.4 Å². The Morgan fingerprint density at radius 2 is 2.09 bits per heavy atom. The largest absolute Gasteiger partial charge is 0.317 e. The molecule has 1 aromatic heterocycles. The van der Waals surface area contributed by atoms with Crippen molar-refractivity contribution in [2.75, 3.05) is 5.32 Å². The molecule has 1 aromatic carbocycles. The number of hydrogen-bond acceptors (Lipinski definition) is 3. The van der Waals surface area contributed by atoms with Crippen LogP contribution in [0.2, 0.25) is 0 Å². The van der Waals surface area contributed by atoms with E-state index in [9.17, 15) is 14.4 Å². The summed E-state index contributed by atoms with van der Waals surface area (Å²) >= 11 is 1.52. The van der Waals surface area contributed by atoms with E-state index in [1.807, 2.05) is 0 Å². The summed E-state index contributed by atoms with van der Waals surface area (Å²) in [5.74, 6) is -0.388. The van der Waals surface area contributed by atoms with Gasteiger partial charge in [0.25, 0.3) is 0 Å². The lowest BCUT2D eigenvalue weighted by molar-refractivity contribution is -0.116. The van der Waals surface area contributed by atoms with E-state index in [0.29, 0.717) is 23.4 Å². The van der Waals surface area contributed by atoms with Gasteiger partial charge in [0.2, 0.25) is 5.91 Å². The first kappa shape index (κ1) is 14.7. The van der Waals surface area contributed by atoms with Gasteiger partial charge in [-0.25, -0.2) is 4.39 Å². The Balaban J connectivity index is 1.63. The van der Waals surface area contributed by atoms with Crippen LogP contribution >= 0.6 is 11.3 Å². The second-order valence-electron chi connectivity index (χ2n) is 5.35. The molecular formula is C17H15FN2OS. The van der Waals surface area contributed by atoms with Crippen molar-refractivity contribution in [2.45, 2.75) is 32.1 Å². The fraction of sp³-hybridized carbons (Fsp3) is 0.294. The predicted molar refractivity (Wildman–Crippen MR) is 84.4 cm³/mol. The van der Waals surface area contributed by atoms with Gasteiger partial charge >= 0.3 is 0 Å². The van der Waals surface area contributed by atoms with E-state index in [2.05, 4.69) is 11.4 Å². The van der Waals surface area contributed by atoms with E-state index < -0.39 is 0 Å². The van der Waals surface area contributed by atoms with Gasteiger partial charge in [0.15, 0.2) is 0 Å². The van der Waals surface area contributed by atoms with Crippen molar-refractivity contribution >= 4 is 22.2 Å². The van der Waals surface area contributed by atoms with Gasteiger partial charge in [0.1, 0.15) is 16.9 Å². The average Bonchev–Trinajstić information content (AvgIpc) is 3.07. The monoisotopic (exact) mass is 314 g/mol. The molecule has 1 N–H and O–H groups in total. The standard InChI is InChI=1S/C17H15FN2OS/c18-12-7-4-11(5-8-12)6-9-16(21)20-17-14(10-19)13-2-1-3-15(13)22-17/h4-5,7-8H,1-3,6,9H2,(H,20,21). The molecule has 0 fully saturated rings. The molecule has 3 rings (SSSR count). The highest BCUT2D eigenvalue weighted by Crippen LogP contribution is 2.38. The molecule has 0 aliphatic heterocycles. The fourth-order valence-electron chi connectivity index (χ4n) is 2.71. The Hall–Kier alpha value is -2.19. The van der Waals surface area contributed by atoms with Crippen LogP contribution in [0.15, 0.2) is 24.3 Å². The van der Waals surface area contributed by atoms with E-state index in [1.165, 1.54) is 28.3 Å². The number of aryl methyl sites for hydroxylation is 2. The van der Waals surface area contributed by atoms with Crippen molar-refractivity contribution in [3.05, 3.63) is 51.7 Å². The first-order valence-corrected chi connectivity index (χ1v) is 8.08. The fourth-order valence-corrected chi connectivity index (χ4v) is 3.96. The maximum Gasteiger partial charge on any atom is 0.225 e. The molecule has 1 aliphatic carbocycles. The normalized spacial score (nSPS) is 12.7. The van der Waals surface area contributed by atoms with Crippen LogP contribution in [-0.4, -0.2) is 5.91 Å². The number of benzene rings is 1. The summed E-state index contributed by atoms with van der Waals surface area (Å²) < 4.78 is 12.8. The van der Waals surface area contributed by atoms with Crippen LogP contribution < -0.4 is 5.32 Å². The van der Waals surface area contributed by atoms with Crippen molar-refractivity contribution < 1.29 is 9.18 Å². The van der Waals surface area contributed by atoms with Crippen LogP contribution in [0.3, 0.4) is 0 Å². The van der Waals surface area contributed by atoms with Crippen molar-refractivity contribution in [1.29, 1.82) is 5.26 Å². The summed E-state index contributed by atoms with van der Waals surface area (Å²) in [5, 5.41) is 12.8. The molecule has 22 heavy (non-hydrogen) atoms. The van der Waals surface area contributed by atoms with Gasteiger partial charge in [-0.2, -0.15) is 5.26 Å². The summed E-state index contributed by atoms with van der Waals surface area (Å²) in [6, 6.07) is 8.37. The molecule has 0 saturated heterocycles. The van der Waals surface area contributed by atoms with Crippen molar-refractivity contribution in [3.63, 3.8) is 0 Å². The molecule has 3 nitrogen and oxygen atoms in total. The average molecular weight is 314 g/mol. The molecule has 0 bridgehead atoms. The zero-order valence-electron chi connectivity index (χ0n) is 12.0. The number of halogens is 1. The van der Waals surface area contributed by atoms with Crippen LogP contribution in [0.5, 0.6) is 0 Å². The third-order valence-electron chi connectivity index (χ3n) is 3.84. The summed E-state index contributed by atoms with van der Waals surface area (Å²) in [6.07, 6.45) is 3.90. The Bertz CT molecular complexity index is 743. The molecule has 2 aromatic rings. The summed E-state index contributed by atoms with van der Waals surface area (Å²) in [5.41, 5.74) is 2.67. The highest BCUT2D eigenvalue weighted by molar-refractivity contribution is 7.16. The third kappa shape index (κ3) is 3.02. The molecule has 1 amide bonds. The highest BCUT2D eigenvalue weighted by Gasteiger charge is 2.22. The van der Waals surface area contributed by atoms with Gasteiger partial charge in [-0.1, -0.05) is 12.1 Å². The smallest absolute Gasteiger partial charge is 0.225 e. The zero-order valence-corrected chi connectivity index (χ0v) is 12.8. The number of carbonyl (C=O) groups is 1. The van der Waals surface area contributed by atoms with Crippen LogP contribution in [-0.2, 0) is 24.1 Å². The minimum absolute atomic E-state index is 0.110. The molecule has 1 heterocycles. The van der Waals surface area contributed by atoms with Gasteiger partial charge in [0.05, 0.1) is 5.56 Å². The summed E-state index contributed by atoms with van der Waals surface area (Å²) in [7, 11) is 0. The summed E-state index contributed by atoms with van der Waals surface area (Å²) in [4.78, 5) is 13.3.